The number of guanidine groups is 1. The molecule has 0 rings (SSSR count). The summed E-state index contributed by atoms with van der Waals surface area (Å²) in [6.07, 6.45) is -1.03. The van der Waals surface area contributed by atoms with E-state index in [1.54, 1.807) is 13.8 Å². The number of carboxylic acids is 1. The molecule has 0 heterocycles. The van der Waals surface area contributed by atoms with Crippen LogP contribution in [0.4, 0.5) is 0 Å². The molecule has 3 amide bonds. The number of aliphatic hydroxyl groups is 1. The first-order valence-corrected chi connectivity index (χ1v) is 9.90. The number of aliphatic hydroxyl groups excluding tert-OH is 1. The van der Waals surface area contributed by atoms with Gasteiger partial charge in [-0.15, -0.1) is 0 Å². The van der Waals surface area contributed by atoms with E-state index in [0.29, 0.717) is 0 Å². The molecule has 0 aromatic rings. The van der Waals surface area contributed by atoms with Crippen LogP contribution in [0.2, 0.25) is 0 Å². The van der Waals surface area contributed by atoms with Gasteiger partial charge in [-0.1, -0.05) is 13.8 Å². The summed E-state index contributed by atoms with van der Waals surface area (Å²) in [7, 11) is 0. The van der Waals surface area contributed by atoms with Crippen LogP contribution in [0.15, 0.2) is 4.99 Å². The summed E-state index contributed by atoms with van der Waals surface area (Å²) in [6.45, 7) is 6.32. The fraction of sp³-hybridized carbons (Fsp3) is 0.722. The highest BCUT2D eigenvalue weighted by Crippen LogP contribution is 2.03. The Morgan fingerprint density at radius 3 is 1.97 bits per heavy atom. The summed E-state index contributed by atoms with van der Waals surface area (Å²) in [4.78, 5) is 52.0. The molecule has 0 aliphatic carbocycles. The van der Waals surface area contributed by atoms with E-state index in [0.717, 1.165) is 0 Å². The molecule has 0 radical (unpaired) electrons. The van der Waals surface area contributed by atoms with E-state index in [1.165, 1.54) is 13.8 Å². The highest BCUT2D eigenvalue weighted by Gasteiger charge is 2.31. The van der Waals surface area contributed by atoms with Gasteiger partial charge in [0.05, 0.1) is 12.1 Å². The maximum atomic E-state index is 12.5. The van der Waals surface area contributed by atoms with Gasteiger partial charge in [0, 0.05) is 6.54 Å². The number of hydrogen-bond donors (Lipinski definition) is 8. The van der Waals surface area contributed by atoms with Crippen molar-refractivity contribution in [2.45, 2.75) is 70.8 Å². The molecule has 31 heavy (non-hydrogen) atoms. The van der Waals surface area contributed by atoms with Gasteiger partial charge in [0.1, 0.15) is 18.1 Å². The number of hydrogen-bond acceptors (Lipinski definition) is 7. The SMILES string of the molecule is CC(NC(=O)C(N)C(C)C)C(=O)NC(C(=O)NC(CCCN=C(N)N)C(=O)O)C(C)O. The molecule has 0 saturated carbocycles. The minimum atomic E-state index is -1.44. The van der Waals surface area contributed by atoms with Gasteiger partial charge in [0.2, 0.25) is 17.7 Å². The van der Waals surface area contributed by atoms with E-state index in [-0.39, 0.29) is 31.3 Å². The van der Waals surface area contributed by atoms with Crippen LogP contribution in [0.1, 0.15) is 40.5 Å². The average molecular weight is 446 g/mol. The molecule has 13 heteroatoms. The number of carbonyl (C=O) groups excluding carboxylic acids is 3. The van der Waals surface area contributed by atoms with E-state index < -0.39 is 54.0 Å². The zero-order valence-corrected chi connectivity index (χ0v) is 18.3. The molecule has 0 fully saturated rings. The third kappa shape index (κ3) is 10.6. The van der Waals surface area contributed by atoms with Gasteiger partial charge in [-0.2, -0.15) is 0 Å². The lowest BCUT2D eigenvalue weighted by Gasteiger charge is -2.25. The lowest BCUT2D eigenvalue weighted by molar-refractivity contribution is -0.143. The van der Waals surface area contributed by atoms with E-state index in [4.69, 9.17) is 17.2 Å². The highest BCUT2D eigenvalue weighted by atomic mass is 16.4. The number of carboxylic acid groups (broad SMARTS) is 1. The summed E-state index contributed by atoms with van der Waals surface area (Å²) in [5, 5.41) is 26.2. The standard InChI is InChI=1S/C18H35N7O6/c1-8(2)12(19)15(28)23-9(3)14(27)25-13(10(4)26)16(29)24-11(17(30)31)6-5-7-22-18(20)21/h8-13,26H,5-7,19H2,1-4H3,(H,23,28)(H,24,29)(H,25,27)(H,30,31)(H4,20,21,22). The van der Waals surface area contributed by atoms with Gasteiger partial charge in [-0.05, 0) is 32.6 Å². The molecular weight excluding hydrogens is 410 g/mol. The zero-order valence-electron chi connectivity index (χ0n) is 18.3. The molecule has 5 unspecified atom stereocenters. The molecule has 178 valence electrons. The molecule has 0 aromatic carbocycles. The van der Waals surface area contributed by atoms with Crippen molar-refractivity contribution < 1.29 is 29.4 Å². The Labute approximate surface area is 181 Å². The third-order valence-corrected chi connectivity index (χ3v) is 4.40. The van der Waals surface area contributed by atoms with Crippen molar-refractivity contribution >= 4 is 29.7 Å². The van der Waals surface area contributed by atoms with Gasteiger partial charge in [-0.3, -0.25) is 19.4 Å². The Morgan fingerprint density at radius 1 is 0.935 bits per heavy atom. The number of nitrogens with one attached hydrogen (secondary N) is 3. The summed E-state index contributed by atoms with van der Waals surface area (Å²) in [6, 6.07) is -4.58. The predicted molar refractivity (Wildman–Crippen MR) is 114 cm³/mol. The number of nitrogens with two attached hydrogens (primary N) is 3. The monoisotopic (exact) mass is 445 g/mol. The van der Waals surface area contributed by atoms with Crippen molar-refractivity contribution in [1.82, 2.24) is 16.0 Å². The Hall–Kier alpha value is -2.93. The molecule has 13 nitrogen and oxygen atoms in total. The molecule has 0 bridgehead atoms. The molecule has 0 spiro atoms. The zero-order chi connectivity index (χ0) is 24.3. The third-order valence-electron chi connectivity index (χ3n) is 4.40. The normalized spacial score (nSPS) is 15.7. The molecule has 0 aromatic heterocycles. The van der Waals surface area contributed by atoms with Crippen LogP contribution in [0.25, 0.3) is 0 Å². The van der Waals surface area contributed by atoms with Crippen LogP contribution in [-0.2, 0) is 19.2 Å². The first-order chi connectivity index (χ1) is 14.3. The lowest BCUT2D eigenvalue weighted by Crippen LogP contribution is -2.59. The smallest absolute Gasteiger partial charge is 0.326 e. The second-order valence-electron chi connectivity index (χ2n) is 7.58. The summed E-state index contributed by atoms with van der Waals surface area (Å²) in [5.74, 6) is -3.76. The van der Waals surface area contributed by atoms with Crippen LogP contribution >= 0.6 is 0 Å². The Balaban J connectivity index is 5.01. The molecular formula is C18H35N7O6. The van der Waals surface area contributed by atoms with Crippen molar-refractivity contribution in [1.29, 1.82) is 0 Å². The fourth-order valence-electron chi connectivity index (χ4n) is 2.38. The van der Waals surface area contributed by atoms with Gasteiger partial charge < -0.3 is 43.4 Å². The molecule has 11 N–H and O–H groups in total. The van der Waals surface area contributed by atoms with Crippen molar-refractivity contribution in [2.75, 3.05) is 6.54 Å². The Kier molecular flexibility index (Phi) is 12.1. The predicted octanol–water partition coefficient (Wildman–Crippen LogP) is -3.04. The first-order valence-electron chi connectivity index (χ1n) is 9.90. The number of aliphatic carboxylic acids is 1. The van der Waals surface area contributed by atoms with Gasteiger partial charge in [0.25, 0.3) is 0 Å². The Bertz CT molecular complexity index is 664. The molecule has 0 aliphatic rings. The number of amides is 3. The maximum absolute atomic E-state index is 12.5. The highest BCUT2D eigenvalue weighted by molar-refractivity contribution is 5.94. The number of carbonyl (C=O) groups is 4. The van der Waals surface area contributed by atoms with Crippen molar-refractivity contribution in [3.8, 4) is 0 Å². The molecule has 0 aliphatic heterocycles. The van der Waals surface area contributed by atoms with Gasteiger partial charge in [-0.25, -0.2) is 4.79 Å². The van der Waals surface area contributed by atoms with Gasteiger partial charge >= 0.3 is 5.97 Å². The second-order valence-corrected chi connectivity index (χ2v) is 7.58. The van der Waals surface area contributed by atoms with Gasteiger partial charge in [0.15, 0.2) is 5.96 Å². The van der Waals surface area contributed by atoms with Crippen LogP contribution in [0, 0.1) is 5.92 Å². The van der Waals surface area contributed by atoms with Crippen molar-refractivity contribution in [2.24, 2.45) is 28.1 Å². The minimum absolute atomic E-state index is 0.0257. The fourth-order valence-corrected chi connectivity index (χ4v) is 2.38. The molecule has 5 atom stereocenters. The van der Waals surface area contributed by atoms with E-state index in [9.17, 15) is 29.4 Å². The largest absolute Gasteiger partial charge is 0.480 e. The number of aliphatic imine (C=N–C) groups is 1. The lowest BCUT2D eigenvalue weighted by atomic mass is 10.0. The van der Waals surface area contributed by atoms with E-state index in [1.807, 2.05) is 0 Å². The summed E-state index contributed by atoms with van der Waals surface area (Å²) >= 11 is 0. The van der Waals surface area contributed by atoms with Crippen LogP contribution < -0.4 is 33.2 Å². The van der Waals surface area contributed by atoms with E-state index >= 15 is 0 Å². The minimum Gasteiger partial charge on any atom is -0.480 e. The first kappa shape index (κ1) is 28.1. The summed E-state index contributed by atoms with van der Waals surface area (Å²) in [5.41, 5.74) is 16.1. The van der Waals surface area contributed by atoms with Crippen molar-refractivity contribution in [3.63, 3.8) is 0 Å². The quantitative estimate of drug-likeness (QED) is 0.0815. The Morgan fingerprint density at radius 2 is 1.52 bits per heavy atom. The maximum Gasteiger partial charge on any atom is 0.326 e. The number of nitrogens with zero attached hydrogens (tertiary/aromatic N) is 1. The average Bonchev–Trinajstić information content (AvgIpc) is 2.66. The van der Waals surface area contributed by atoms with Crippen LogP contribution in [-0.4, -0.2) is 76.7 Å². The summed E-state index contributed by atoms with van der Waals surface area (Å²) < 4.78 is 0. The number of rotatable bonds is 13. The second kappa shape index (κ2) is 13.4. The topological polar surface area (TPSA) is 235 Å². The van der Waals surface area contributed by atoms with Crippen molar-refractivity contribution in [3.05, 3.63) is 0 Å². The van der Waals surface area contributed by atoms with Crippen LogP contribution in [0.3, 0.4) is 0 Å². The van der Waals surface area contributed by atoms with E-state index in [2.05, 4.69) is 20.9 Å². The molecule has 0 saturated heterocycles. The van der Waals surface area contributed by atoms with Crippen LogP contribution in [0.5, 0.6) is 0 Å².